The van der Waals surface area contributed by atoms with E-state index in [-0.39, 0.29) is 6.54 Å². The van der Waals surface area contributed by atoms with E-state index in [2.05, 4.69) is 22.0 Å². The van der Waals surface area contributed by atoms with Gasteiger partial charge in [0.1, 0.15) is 12.4 Å². The van der Waals surface area contributed by atoms with Gasteiger partial charge >= 0.3 is 6.03 Å². The minimum absolute atomic E-state index is 0.0406. The maximum Gasteiger partial charge on any atom is 0.321 e. The van der Waals surface area contributed by atoms with Gasteiger partial charge in [-0.2, -0.15) is 5.26 Å². The van der Waals surface area contributed by atoms with Gasteiger partial charge in [0.2, 0.25) is 5.91 Å². The summed E-state index contributed by atoms with van der Waals surface area (Å²) in [5, 5.41) is 16.3. The Hall–Kier alpha value is -3.53. The third-order valence-electron chi connectivity index (χ3n) is 3.23. The Labute approximate surface area is 145 Å². The number of rotatable bonds is 6. The molecule has 0 unspecified atom stereocenters. The van der Waals surface area contributed by atoms with Crippen LogP contribution in [0.5, 0.6) is 5.75 Å². The molecule has 0 aliphatic rings. The number of ether oxygens (including phenoxy) is 1. The highest BCUT2D eigenvalue weighted by molar-refractivity contribution is 5.96. The van der Waals surface area contributed by atoms with Crippen LogP contribution in [0.25, 0.3) is 0 Å². The van der Waals surface area contributed by atoms with E-state index in [9.17, 15) is 9.59 Å². The van der Waals surface area contributed by atoms with Crippen LogP contribution < -0.4 is 20.7 Å². The lowest BCUT2D eigenvalue weighted by Gasteiger charge is -2.10. The van der Waals surface area contributed by atoms with Crippen LogP contribution >= 0.6 is 0 Å². The molecule has 7 heteroatoms. The fourth-order valence-electron chi connectivity index (χ4n) is 2.01. The molecule has 0 radical (unpaired) electrons. The molecule has 0 fully saturated rings. The van der Waals surface area contributed by atoms with Crippen molar-refractivity contribution in [2.45, 2.75) is 6.61 Å². The van der Waals surface area contributed by atoms with Crippen molar-refractivity contribution in [3.63, 3.8) is 0 Å². The molecule has 0 heterocycles. The highest BCUT2D eigenvalue weighted by atomic mass is 16.5. The first-order chi connectivity index (χ1) is 12.1. The van der Waals surface area contributed by atoms with Gasteiger partial charge in [0.15, 0.2) is 0 Å². The number of carbonyl (C=O) groups excluding carboxylic acids is 2. The monoisotopic (exact) mass is 338 g/mol. The van der Waals surface area contributed by atoms with Crippen molar-refractivity contribution in [3.05, 3.63) is 59.7 Å². The van der Waals surface area contributed by atoms with Gasteiger partial charge in [-0.25, -0.2) is 4.79 Å². The normalized spacial score (nSPS) is 9.60. The average molecular weight is 338 g/mol. The van der Waals surface area contributed by atoms with Crippen molar-refractivity contribution in [2.75, 3.05) is 18.9 Å². The number of benzene rings is 2. The Morgan fingerprint density at radius 3 is 2.72 bits per heavy atom. The summed E-state index contributed by atoms with van der Waals surface area (Å²) in [7, 11) is 1.43. The Bertz CT molecular complexity index is 799. The van der Waals surface area contributed by atoms with Crippen LogP contribution in [0, 0.1) is 11.3 Å². The van der Waals surface area contributed by atoms with Crippen LogP contribution in [0.2, 0.25) is 0 Å². The fraction of sp³-hybridized carbons (Fsp3) is 0.167. The molecule has 0 bridgehead atoms. The number of anilines is 1. The summed E-state index contributed by atoms with van der Waals surface area (Å²) in [5.41, 5.74) is 2.16. The molecule has 0 aromatic heterocycles. The Kier molecular flexibility index (Phi) is 6.37. The van der Waals surface area contributed by atoms with Gasteiger partial charge in [0, 0.05) is 18.8 Å². The molecular weight excluding hydrogens is 320 g/mol. The zero-order valence-corrected chi connectivity index (χ0v) is 13.7. The summed E-state index contributed by atoms with van der Waals surface area (Å²) in [5.74, 6) is 0.179. The van der Waals surface area contributed by atoms with E-state index in [0.29, 0.717) is 23.6 Å². The molecule has 0 aliphatic heterocycles. The summed E-state index contributed by atoms with van der Waals surface area (Å²) in [4.78, 5) is 22.6. The first kappa shape index (κ1) is 17.8. The molecule has 0 aliphatic carbocycles. The molecule has 2 aromatic rings. The summed E-state index contributed by atoms with van der Waals surface area (Å²) in [6.45, 7) is 0.289. The second-order valence-electron chi connectivity index (χ2n) is 5.11. The highest BCUT2D eigenvalue weighted by Gasteiger charge is 2.06. The van der Waals surface area contributed by atoms with Crippen LogP contribution in [0.3, 0.4) is 0 Å². The lowest BCUT2D eigenvalue weighted by atomic mass is 10.1. The molecule has 2 rings (SSSR count). The quantitative estimate of drug-likeness (QED) is 0.747. The predicted molar refractivity (Wildman–Crippen MR) is 93.0 cm³/mol. The van der Waals surface area contributed by atoms with Gasteiger partial charge in [-0.3, -0.25) is 10.1 Å². The number of urea groups is 1. The maximum atomic E-state index is 11.5. The number of nitrogens with zero attached hydrogens (tertiary/aromatic N) is 1. The first-order valence-electron chi connectivity index (χ1n) is 7.58. The van der Waals surface area contributed by atoms with Crippen LogP contribution in [0.15, 0.2) is 48.5 Å². The minimum Gasteiger partial charge on any atom is -0.489 e. The van der Waals surface area contributed by atoms with E-state index in [1.54, 1.807) is 42.5 Å². The molecule has 3 N–H and O–H groups in total. The van der Waals surface area contributed by atoms with Crippen molar-refractivity contribution < 1.29 is 14.3 Å². The number of hydrogen-bond acceptors (Lipinski definition) is 5. The number of hydrogen-bond donors (Lipinski definition) is 3. The molecule has 0 saturated carbocycles. The van der Waals surface area contributed by atoms with Gasteiger partial charge in [-0.05, 0) is 29.8 Å². The standard InChI is InChI=1S/C18H18N4O3/c1-20-18(24)22-17(23)11-21-15-6-3-7-16(9-15)25-12-14-5-2-4-13(8-14)10-19/h2-9,21H,11-12H2,1H3,(H2,20,22,23,24). The van der Waals surface area contributed by atoms with Crippen LogP contribution in [0.4, 0.5) is 10.5 Å². The maximum absolute atomic E-state index is 11.5. The van der Waals surface area contributed by atoms with Crippen molar-refractivity contribution in [1.82, 2.24) is 10.6 Å². The van der Waals surface area contributed by atoms with E-state index in [4.69, 9.17) is 10.00 Å². The van der Waals surface area contributed by atoms with E-state index in [0.717, 1.165) is 5.56 Å². The summed E-state index contributed by atoms with van der Waals surface area (Å²) in [6, 6.07) is 15.9. The zero-order valence-electron chi connectivity index (χ0n) is 13.7. The molecule has 0 atom stereocenters. The number of carbonyl (C=O) groups is 2. The number of nitrogens with one attached hydrogen (secondary N) is 3. The molecule has 128 valence electrons. The number of imide groups is 1. The predicted octanol–water partition coefficient (Wildman–Crippen LogP) is 2.00. The summed E-state index contributed by atoms with van der Waals surface area (Å²) < 4.78 is 5.71. The van der Waals surface area contributed by atoms with Crippen LogP contribution in [-0.4, -0.2) is 25.5 Å². The van der Waals surface area contributed by atoms with E-state index in [1.165, 1.54) is 7.05 Å². The smallest absolute Gasteiger partial charge is 0.321 e. The van der Waals surface area contributed by atoms with Crippen molar-refractivity contribution in [2.24, 2.45) is 0 Å². The number of nitriles is 1. The Morgan fingerprint density at radius 1 is 1.16 bits per heavy atom. The van der Waals surface area contributed by atoms with E-state index in [1.807, 2.05) is 6.07 Å². The zero-order chi connectivity index (χ0) is 18.1. The fourth-order valence-corrected chi connectivity index (χ4v) is 2.01. The third kappa shape index (κ3) is 5.88. The second-order valence-corrected chi connectivity index (χ2v) is 5.11. The minimum atomic E-state index is -0.552. The largest absolute Gasteiger partial charge is 0.489 e. The second kappa shape index (κ2) is 8.93. The number of amides is 3. The van der Waals surface area contributed by atoms with Crippen LogP contribution in [0.1, 0.15) is 11.1 Å². The first-order valence-corrected chi connectivity index (χ1v) is 7.58. The summed E-state index contributed by atoms with van der Waals surface area (Å²) in [6.07, 6.45) is 0. The molecule has 25 heavy (non-hydrogen) atoms. The van der Waals surface area contributed by atoms with Gasteiger partial charge in [-0.1, -0.05) is 18.2 Å². The Morgan fingerprint density at radius 2 is 1.96 bits per heavy atom. The average Bonchev–Trinajstić information content (AvgIpc) is 2.65. The molecule has 7 nitrogen and oxygen atoms in total. The van der Waals surface area contributed by atoms with E-state index < -0.39 is 11.9 Å². The van der Waals surface area contributed by atoms with Gasteiger partial charge < -0.3 is 15.4 Å². The molecular formula is C18H18N4O3. The van der Waals surface area contributed by atoms with Gasteiger partial charge in [0.05, 0.1) is 18.2 Å². The summed E-state index contributed by atoms with van der Waals surface area (Å²) >= 11 is 0. The molecule has 2 aromatic carbocycles. The van der Waals surface area contributed by atoms with Gasteiger partial charge in [0.25, 0.3) is 0 Å². The highest BCUT2D eigenvalue weighted by Crippen LogP contribution is 2.18. The SMILES string of the molecule is CNC(=O)NC(=O)CNc1cccc(OCc2cccc(C#N)c2)c1. The van der Waals surface area contributed by atoms with Crippen molar-refractivity contribution in [1.29, 1.82) is 5.26 Å². The van der Waals surface area contributed by atoms with Gasteiger partial charge in [-0.15, -0.1) is 0 Å². The van der Waals surface area contributed by atoms with Crippen molar-refractivity contribution in [3.8, 4) is 11.8 Å². The van der Waals surface area contributed by atoms with Crippen molar-refractivity contribution >= 4 is 17.6 Å². The third-order valence-corrected chi connectivity index (χ3v) is 3.23. The molecule has 0 spiro atoms. The lowest BCUT2D eigenvalue weighted by molar-refractivity contribution is -0.118. The van der Waals surface area contributed by atoms with E-state index >= 15 is 0 Å². The topological polar surface area (TPSA) is 103 Å². The molecule has 3 amide bonds. The Balaban J connectivity index is 1.89. The van der Waals surface area contributed by atoms with Crippen LogP contribution in [-0.2, 0) is 11.4 Å². The molecule has 0 saturated heterocycles. The lowest BCUT2D eigenvalue weighted by Crippen LogP contribution is -2.40.